The summed E-state index contributed by atoms with van der Waals surface area (Å²) in [5, 5.41) is 0. The molecule has 0 amide bonds. The van der Waals surface area contributed by atoms with Crippen LogP contribution < -0.4 is 0 Å². The first-order chi connectivity index (χ1) is 10.3. The van der Waals surface area contributed by atoms with E-state index in [0.717, 1.165) is 19.0 Å². The lowest BCUT2D eigenvalue weighted by molar-refractivity contribution is 0.0219. The van der Waals surface area contributed by atoms with Gasteiger partial charge in [0.15, 0.2) is 0 Å². The van der Waals surface area contributed by atoms with Gasteiger partial charge in [-0.05, 0) is 64.1 Å². The molecule has 3 fully saturated rings. The largest absolute Gasteiger partial charge is 0.522 e. The highest BCUT2D eigenvalue weighted by Gasteiger charge is 2.55. The molecule has 0 spiro atoms. The van der Waals surface area contributed by atoms with Crippen LogP contribution in [0.3, 0.4) is 0 Å². The number of rotatable bonds is 4. The molecule has 5 heteroatoms. The standard InChI is InChI=1S/C16H32N2O2Si/c1-19-21(20-2,17-12-6-3-7-13-17)18-14-8-10-15-9-4-5-11-16(15)18/h15-16H,3-14H2,1-2H3. The number of hydrogen-bond acceptors (Lipinski definition) is 4. The summed E-state index contributed by atoms with van der Waals surface area (Å²) in [6, 6.07) is 0.709. The second-order valence-electron chi connectivity index (χ2n) is 6.95. The summed E-state index contributed by atoms with van der Waals surface area (Å²) < 4.78 is 17.6. The molecule has 0 N–H and O–H groups in total. The molecule has 0 aromatic carbocycles. The van der Waals surface area contributed by atoms with E-state index >= 15 is 0 Å². The van der Waals surface area contributed by atoms with Gasteiger partial charge in [0, 0.05) is 20.3 Å². The first-order valence-corrected chi connectivity index (χ1v) is 10.6. The van der Waals surface area contributed by atoms with E-state index in [-0.39, 0.29) is 0 Å². The van der Waals surface area contributed by atoms with Crippen LogP contribution in [0.4, 0.5) is 0 Å². The summed E-state index contributed by atoms with van der Waals surface area (Å²) in [4.78, 5) is 0. The van der Waals surface area contributed by atoms with Gasteiger partial charge in [-0.1, -0.05) is 19.3 Å². The molecule has 2 unspecified atom stereocenters. The van der Waals surface area contributed by atoms with Crippen molar-refractivity contribution in [2.45, 2.75) is 63.8 Å². The molecule has 2 heterocycles. The summed E-state index contributed by atoms with van der Waals surface area (Å²) in [7, 11) is 1.39. The van der Waals surface area contributed by atoms with E-state index in [1.165, 1.54) is 64.3 Å². The van der Waals surface area contributed by atoms with Gasteiger partial charge in [-0.25, -0.2) is 0 Å². The Kier molecular flexibility index (Phi) is 5.38. The van der Waals surface area contributed by atoms with Gasteiger partial charge in [-0.2, -0.15) is 0 Å². The first-order valence-electron chi connectivity index (χ1n) is 8.94. The van der Waals surface area contributed by atoms with Crippen LogP contribution >= 0.6 is 0 Å². The van der Waals surface area contributed by atoms with Crippen molar-refractivity contribution in [1.29, 1.82) is 0 Å². The number of hydrogen-bond donors (Lipinski definition) is 0. The van der Waals surface area contributed by atoms with E-state index in [1.54, 1.807) is 0 Å². The predicted octanol–water partition coefficient (Wildman–Crippen LogP) is 2.86. The van der Waals surface area contributed by atoms with E-state index in [4.69, 9.17) is 8.85 Å². The molecule has 122 valence electrons. The Labute approximate surface area is 131 Å². The SMILES string of the molecule is CO[Si](OC)(N1CCCCC1)N1CCCC2CCCCC21. The van der Waals surface area contributed by atoms with Crippen LogP contribution in [0, 0.1) is 5.92 Å². The molecule has 2 aliphatic heterocycles. The zero-order valence-corrected chi connectivity index (χ0v) is 14.9. The second kappa shape index (κ2) is 7.09. The van der Waals surface area contributed by atoms with Crippen molar-refractivity contribution < 1.29 is 8.85 Å². The molecule has 0 aromatic heterocycles. The summed E-state index contributed by atoms with van der Waals surface area (Å²) >= 11 is 0. The molecule has 2 atom stereocenters. The van der Waals surface area contributed by atoms with Gasteiger partial charge in [0.05, 0.1) is 0 Å². The number of nitrogens with zero attached hydrogens (tertiary/aromatic N) is 2. The number of fused-ring (bicyclic) bond motifs is 1. The predicted molar refractivity (Wildman–Crippen MR) is 86.9 cm³/mol. The third-order valence-electron chi connectivity index (χ3n) is 5.89. The minimum Gasteiger partial charge on any atom is -0.374 e. The van der Waals surface area contributed by atoms with Crippen LogP contribution in [0.25, 0.3) is 0 Å². The zero-order chi connectivity index (χ0) is 14.7. The molecule has 3 aliphatic rings. The highest BCUT2D eigenvalue weighted by Crippen LogP contribution is 2.39. The van der Waals surface area contributed by atoms with Crippen LogP contribution in [-0.2, 0) is 8.85 Å². The average molecular weight is 313 g/mol. The van der Waals surface area contributed by atoms with E-state index in [1.807, 2.05) is 14.2 Å². The van der Waals surface area contributed by atoms with E-state index in [9.17, 15) is 0 Å². The van der Waals surface area contributed by atoms with Crippen molar-refractivity contribution in [3.8, 4) is 0 Å². The average Bonchev–Trinajstić information content (AvgIpc) is 2.58. The summed E-state index contributed by atoms with van der Waals surface area (Å²) in [5.41, 5.74) is 0. The fourth-order valence-corrected chi connectivity index (χ4v) is 8.51. The topological polar surface area (TPSA) is 24.9 Å². The van der Waals surface area contributed by atoms with Gasteiger partial charge in [0.2, 0.25) is 0 Å². The first kappa shape index (κ1) is 15.9. The Balaban J connectivity index is 1.83. The summed E-state index contributed by atoms with van der Waals surface area (Å²) in [5.74, 6) is 0.884. The van der Waals surface area contributed by atoms with Gasteiger partial charge >= 0.3 is 8.88 Å². The van der Waals surface area contributed by atoms with Crippen LogP contribution in [0.1, 0.15) is 57.8 Å². The van der Waals surface area contributed by atoms with E-state index in [0.29, 0.717) is 6.04 Å². The molecule has 21 heavy (non-hydrogen) atoms. The van der Waals surface area contributed by atoms with E-state index < -0.39 is 8.88 Å². The fraction of sp³-hybridized carbons (Fsp3) is 1.00. The van der Waals surface area contributed by atoms with Crippen LogP contribution in [0.5, 0.6) is 0 Å². The quantitative estimate of drug-likeness (QED) is 0.745. The van der Waals surface area contributed by atoms with E-state index in [2.05, 4.69) is 9.13 Å². The smallest absolute Gasteiger partial charge is 0.374 e. The second-order valence-corrected chi connectivity index (χ2v) is 10.1. The third-order valence-corrected chi connectivity index (χ3v) is 9.48. The Morgan fingerprint density at radius 2 is 1.43 bits per heavy atom. The lowest BCUT2D eigenvalue weighted by atomic mass is 9.79. The lowest BCUT2D eigenvalue weighted by Gasteiger charge is -2.53. The maximum absolute atomic E-state index is 6.18. The van der Waals surface area contributed by atoms with Crippen molar-refractivity contribution in [1.82, 2.24) is 9.13 Å². The van der Waals surface area contributed by atoms with Crippen LogP contribution in [-0.4, -0.2) is 57.9 Å². The lowest BCUT2D eigenvalue weighted by Crippen LogP contribution is -2.73. The molecule has 3 rings (SSSR count). The highest BCUT2D eigenvalue weighted by atomic mass is 28.4. The molecule has 0 bridgehead atoms. The molecule has 1 saturated carbocycles. The van der Waals surface area contributed by atoms with Gasteiger partial charge in [0.1, 0.15) is 0 Å². The Hall–Kier alpha value is 0.0569. The molecular formula is C16H32N2O2Si. The summed E-state index contributed by atoms with van der Waals surface area (Å²) in [6.07, 6.45) is 12.3. The normalized spacial score (nSPS) is 32.9. The minimum absolute atomic E-state index is 0.709. The van der Waals surface area contributed by atoms with Gasteiger partial charge in [-0.15, -0.1) is 0 Å². The highest BCUT2D eigenvalue weighted by molar-refractivity contribution is 6.61. The summed E-state index contributed by atoms with van der Waals surface area (Å²) in [6.45, 7) is 3.48. The van der Waals surface area contributed by atoms with Crippen molar-refractivity contribution in [2.75, 3.05) is 33.9 Å². The van der Waals surface area contributed by atoms with Crippen molar-refractivity contribution in [3.05, 3.63) is 0 Å². The molecule has 4 nitrogen and oxygen atoms in total. The van der Waals surface area contributed by atoms with Crippen LogP contribution in [0.15, 0.2) is 0 Å². The monoisotopic (exact) mass is 312 g/mol. The molecule has 0 aromatic rings. The maximum atomic E-state index is 6.18. The van der Waals surface area contributed by atoms with Crippen molar-refractivity contribution >= 4 is 8.88 Å². The Bertz CT molecular complexity index is 330. The van der Waals surface area contributed by atoms with Gasteiger partial charge in [0.25, 0.3) is 0 Å². The molecule has 2 saturated heterocycles. The van der Waals surface area contributed by atoms with Gasteiger partial charge in [-0.3, -0.25) is 9.13 Å². The van der Waals surface area contributed by atoms with Gasteiger partial charge < -0.3 is 8.85 Å². The Morgan fingerprint density at radius 3 is 2.14 bits per heavy atom. The fourth-order valence-electron chi connectivity index (χ4n) is 4.91. The van der Waals surface area contributed by atoms with Crippen LogP contribution in [0.2, 0.25) is 0 Å². The Morgan fingerprint density at radius 1 is 0.762 bits per heavy atom. The number of piperidine rings is 2. The third kappa shape index (κ3) is 2.95. The molecule has 1 aliphatic carbocycles. The maximum Gasteiger partial charge on any atom is 0.522 e. The van der Waals surface area contributed by atoms with Crippen molar-refractivity contribution in [2.24, 2.45) is 5.92 Å². The molecular weight excluding hydrogens is 280 g/mol. The minimum atomic E-state index is -2.38. The molecule has 0 radical (unpaired) electrons. The van der Waals surface area contributed by atoms with Crippen molar-refractivity contribution in [3.63, 3.8) is 0 Å². The zero-order valence-electron chi connectivity index (χ0n) is 13.9.